The molecular formula is C18H21F2NO3. The van der Waals surface area contributed by atoms with Crippen molar-refractivity contribution in [1.82, 2.24) is 5.32 Å². The van der Waals surface area contributed by atoms with E-state index in [-0.39, 0.29) is 12.2 Å². The van der Waals surface area contributed by atoms with Crippen molar-refractivity contribution in [2.24, 2.45) is 0 Å². The molecule has 1 amide bonds. The van der Waals surface area contributed by atoms with E-state index in [0.717, 1.165) is 31.4 Å². The summed E-state index contributed by atoms with van der Waals surface area (Å²) < 4.78 is 32.6. The van der Waals surface area contributed by atoms with Crippen LogP contribution in [-0.4, -0.2) is 29.3 Å². The number of carbonyl (C=O) groups is 1. The first-order chi connectivity index (χ1) is 11.4. The van der Waals surface area contributed by atoms with Crippen LogP contribution in [0.1, 0.15) is 49.4 Å². The Kier molecular flexibility index (Phi) is 5.79. The molecule has 1 aliphatic carbocycles. The van der Waals surface area contributed by atoms with E-state index in [4.69, 9.17) is 11.2 Å². The number of hydrogen-bond donors (Lipinski definition) is 2. The number of aliphatic hydroxyl groups is 1. The van der Waals surface area contributed by atoms with Gasteiger partial charge in [0.05, 0.1) is 11.6 Å². The Labute approximate surface area is 140 Å². The second kappa shape index (κ2) is 7.63. The molecule has 2 N–H and O–H groups in total. The summed E-state index contributed by atoms with van der Waals surface area (Å²) in [5.41, 5.74) is -1.16. The number of carbonyl (C=O) groups excluding carboxylic acids is 1. The predicted octanol–water partition coefficient (Wildman–Crippen LogP) is 2.79. The molecule has 1 unspecified atom stereocenters. The van der Waals surface area contributed by atoms with E-state index >= 15 is 0 Å². The molecule has 1 saturated carbocycles. The van der Waals surface area contributed by atoms with E-state index in [9.17, 15) is 18.7 Å². The fourth-order valence-electron chi connectivity index (χ4n) is 2.95. The number of benzene rings is 1. The molecule has 1 atom stereocenters. The van der Waals surface area contributed by atoms with Crippen LogP contribution in [0.25, 0.3) is 0 Å². The van der Waals surface area contributed by atoms with Crippen LogP contribution in [-0.2, 0) is 0 Å². The maximum atomic E-state index is 13.9. The molecule has 0 spiro atoms. The van der Waals surface area contributed by atoms with Crippen LogP contribution in [0.3, 0.4) is 0 Å². The monoisotopic (exact) mass is 337 g/mol. The van der Waals surface area contributed by atoms with Gasteiger partial charge in [-0.1, -0.05) is 25.2 Å². The summed E-state index contributed by atoms with van der Waals surface area (Å²) in [6.07, 6.45) is 9.01. The highest BCUT2D eigenvalue weighted by Gasteiger charge is 2.36. The molecule has 24 heavy (non-hydrogen) atoms. The standard InChI is InChI=1S/C18H21F2NO3/c1-3-9-24-16-14(19)10-13(11-15(16)20)17(22)21-12(2)18(23)7-5-4-6-8-18/h1,10-12,23H,4-9H2,2H3,(H,21,22). The van der Waals surface area contributed by atoms with Crippen molar-refractivity contribution in [2.45, 2.75) is 50.7 Å². The molecule has 1 aromatic rings. The highest BCUT2D eigenvalue weighted by atomic mass is 19.1. The predicted molar refractivity (Wildman–Crippen MR) is 85.6 cm³/mol. The highest BCUT2D eigenvalue weighted by Crippen LogP contribution is 2.31. The van der Waals surface area contributed by atoms with Crippen molar-refractivity contribution < 1.29 is 23.4 Å². The van der Waals surface area contributed by atoms with E-state index in [1.54, 1.807) is 6.92 Å². The van der Waals surface area contributed by atoms with Gasteiger partial charge in [-0.2, -0.15) is 0 Å². The minimum atomic E-state index is -1.00. The second-order valence-corrected chi connectivity index (χ2v) is 6.12. The number of hydrogen-bond acceptors (Lipinski definition) is 3. The number of amides is 1. The Hall–Kier alpha value is -2.13. The molecule has 1 aliphatic rings. The summed E-state index contributed by atoms with van der Waals surface area (Å²) in [6.45, 7) is 1.42. The van der Waals surface area contributed by atoms with Gasteiger partial charge in [0, 0.05) is 5.56 Å². The highest BCUT2D eigenvalue weighted by molar-refractivity contribution is 5.94. The average molecular weight is 337 g/mol. The average Bonchev–Trinajstić information content (AvgIpc) is 2.54. The SMILES string of the molecule is C#CCOc1c(F)cc(C(=O)NC(C)C2(O)CCCCC2)cc1F. The number of terminal acetylenes is 1. The molecule has 0 saturated heterocycles. The third kappa shape index (κ3) is 4.04. The summed E-state index contributed by atoms with van der Waals surface area (Å²) >= 11 is 0. The Morgan fingerprint density at radius 3 is 2.50 bits per heavy atom. The molecule has 0 bridgehead atoms. The Morgan fingerprint density at radius 2 is 1.96 bits per heavy atom. The first-order valence-electron chi connectivity index (χ1n) is 7.96. The lowest BCUT2D eigenvalue weighted by atomic mass is 9.80. The van der Waals surface area contributed by atoms with Crippen molar-refractivity contribution in [3.8, 4) is 18.1 Å². The van der Waals surface area contributed by atoms with Gasteiger partial charge in [-0.25, -0.2) is 8.78 Å². The third-order valence-corrected chi connectivity index (χ3v) is 4.43. The van der Waals surface area contributed by atoms with Crippen LogP contribution in [0.15, 0.2) is 12.1 Å². The van der Waals surface area contributed by atoms with Crippen molar-refractivity contribution in [2.75, 3.05) is 6.61 Å². The lowest BCUT2D eigenvalue weighted by Crippen LogP contribution is -2.52. The van der Waals surface area contributed by atoms with Crippen molar-refractivity contribution in [3.05, 3.63) is 29.3 Å². The Morgan fingerprint density at radius 1 is 1.38 bits per heavy atom. The van der Waals surface area contributed by atoms with E-state index < -0.39 is 34.9 Å². The van der Waals surface area contributed by atoms with Gasteiger partial charge in [0.25, 0.3) is 5.91 Å². The summed E-state index contributed by atoms with van der Waals surface area (Å²) in [7, 11) is 0. The Balaban J connectivity index is 2.11. The molecule has 0 aromatic heterocycles. The van der Waals surface area contributed by atoms with Crippen LogP contribution in [0.2, 0.25) is 0 Å². The summed E-state index contributed by atoms with van der Waals surface area (Å²) in [5, 5.41) is 13.2. The molecule has 4 nitrogen and oxygen atoms in total. The van der Waals surface area contributed by atoms with Crippen LogP contribution in [0.4, 0.5) is 8.78 Å². The zero-order chi connectivity index (χ0) is 17.7. The largest absolute Gasteiger partial charge is 0.475 e. The maximum absolute atomic E-state index is 13.9. The van der Waals surface area contributed by atoms with E-state index in [1.807, 2.05) is 0 Å². The molecular weight excluding hydrogens is 316 g/mol. The zero-order valence-electron chi connectivity index (χ0n) is 13.6. The minimum Gasteiger partial charge on any atom is -0.475 e. The first-order valence-corrected chi connectivity index (χ1v) is 7.96. The van der Waals surface area contributed by atoms with Gasteiger partial charge in [0.2, 0.25) is 0 Å². The number of nitrogens with one attached hydrogen (secondary N) is 1. The minimum absolute atomic E-state index is 0.177. The van der Waals surface area contributed by atoms with E-state index in [2.05, 4.69) is 11.2 Å². The topological polar surface area (TPSA) is 58.6 Å². The Bertz CT molecular complexity index is 625. The lowest BCUT2D eigenvalue weighted by molar-refractivity contribution is -0.0235. The van der Waals surface area contributed by atoms with E-state index in [1.165, 1.54) is 0 Å². The molecule has 0 heterocycles. The zero-order valence-corrected chi connectivity index (χ0v) is 13.6. The summed E-state index contributed by atoms with van der Waals surface area (Å²) in [5.74, 6) is -1.15. The van der Waals surface area contributed by atoms with Crippen molar-refractivity contribution in [3.63, 3.8) is 0 Å². The first kappa shape index (κ1) is 18.2. The fraction of sp³-hybridized carbons (Fsp3) is 0.500. The third-order valence-electron chi connectivity index (χ3n) is 4.43. The van der Waals surface area contributed by atoms with Crippen molar-refractivity contribution >= 4 is 5.91 Å². The van der Waals surface area contributed by atoms with Gasteiger partial charge >= 0.3 is 0 Å². The lowest BCUT2D eigenvalue weighted by Gasteiger charge is -2.37. The van der Waals surface area contributed by atoms with Gasteiger partial charge in [0.1, 0.15) is 6.61 Å². The number of ether oxygens (including phenoxy) is 1. The van der Waals surface area contributed by atoms with Gasteiger partial charge in [-0.15, -0.1) is 6.42 Å². The smallest absolute Gasteiger partial charge is 0.251 e. The molecule has 6 heteroatoms. The fourth-order valence-corrected chi connectivity index (χ4v) is 2.95. The normalized spacial score (nSPS) is 17.6. The summed E-state index contributed by atoms with van der Waals surface area (Å²) in [6, 6.07) is 1.26. The maximum Gasteiger partial charge on any atom is 0.251 e. The molecule has 130 valence electrons. The van der Waals surface area contributed by atoms with Crippen LogP contribution in [0.5, 0.6) is 5.75 Å². The van der Waals surface area contributed by atoms with Gasteiger partial charge in [-0.3, -0.25) is 4.79 Å². The number of rotatable bonds is 5. The van der Waals surface area contributed by atoms with Crippen LogP contribution in [0, 0.1) is 24.0 Å². The molecule has 1 fully saturated rings. The van der Waals surface area contributed by atoms with Crippen molar-refractivity contribution in [1.29, 1.82) is 0 Å². The molecule has 0 aliphatic heterocycles. The molecule has 2 rings (SSSR count). The number of halogens is 2. The van der Waals surface area contributed by atoms with E-state index in [0.29, 0.717) is 12.8 Å². The quantitative estimate of drug-likeness (QED) is 0.813. The van der Waals surface area contributed by atoms with Crippen LogP contribution >= 0.6 is 0 Å². The molecule has 0 radical (unpaired) electrons. The van der Waals surface area contributed by atoms with Crippen LogP contribution < -0.4 is 10.1 Å². The van der Waals surface area contributed by atoms with Gasteiger partial charge in [0.15, 0.2) is 17.4 Å². The summed E-state index contributed by atoms with van der Waals surface area (Å²) in [4.78, 5) is 12.2. The second-order valence-electron chi connectivity index (χ2n) is 6.12. The van der Waals surface area contributed by atoms with Gasteiger partial charge < -0.3 is 15.2 Å². The van der Waals surface area contributed by atoms with Gasteiger partial charge in [-0.05, 0) is 31.9 Å². The molecule has 1 aromatic carbocycles.